The number of Topliss-reactive ketones (excluding diaryl/α,β-unsaturated/α-hetero) is 1. The Morgan fingerprint density at radius 1 is 0.765 bits per heavy atom. The Kier molecular flexibility index (Phi) is 8.05. The molecular weight excluding hydrogens is 513 g/mol. The molecule has 0 fully saturated rings. The topological polar surface area (TPSA) is 87.6 Å². The van der Waals surface area contributed by atoms with Crippen molar-refractivity contribution in [1.29, 1.82) is 0 Å². The number of aryl methyl sites for hydroxylation is 2. The maximum atomic E-state index is 13.3. The van der Waals surface area contributed by atoms with Crippen LogP contribution in [-0.4, -0.2) is 18.5 Å². The lowest BCUT2D eigenvalue weighted by Crippen LogP contribution is -2.18. The molecule has 34 heavy (non-hydrogen) atoms. The summed E-state index contributed by atoms with van der Waals surface area (Å²) in [5, 5.41) is 0. The molecule has 0 spiro atoms. The van der Waals surface area contributed by atoms with Crippen LogP contribution in [0.1, 0.15) is 22.3 Å². The quantitative estimate of drug-likeness (QED) is 0.247. The average Bonchev–Trinajstić information content (AvgIpc) is 2.67. The zero-order chi connectivity index (χ0) is 26.0. The number of nitrogen functional groups attached to an aromatic ring is 2. The Bertz CT molecular complexity index is 1090. The SMILES string of the molecule is Cc1cc(OC(F)(F)F)cc(C(=CCl)C(=O)C(=CCl)c2cc(OC(F)(F)F)cc(C)c2N)c1N. The van der Waals surface area contributed by atoms with Crippen LogP contribution in [-0.2, 0) is 4.79 Å². The van der Waals surface area contributed by atoms with Gasteiger partial charge in [-0.15, -0.1) is 26.3 Å². The molecule has 0 unspecified atom stereocenters. The number of benzene rings is 2. The highest BCUT2D eigenvalue weighted by atomic mass is 35.5. The molecule has 184 valence electrons. The van der Waals surface area contributed by atoms with Crippen molar-refractivity contribution in [2.24, 2.45) is 0 Å². The summed E-state index contributed by atoms with van der Waals surface area (Å²) >= 11 is 11.6. The van der Waals surface area contributed by atoms with Gasteiger partial charge in [-0.05, 0) is 49.2 Å². The van der Waals surface area contributed by atoms with Crippen LogP contribution < -0.4 is 20.9 Å². The number of alkyl halides is 6. The highest BCUT2D eigenvalue weighted by molar-refractivity contribution is 6.50. The van der Waals surface area contributed by atoms with Crippen molar-refractivity contribution < 1.29 is 40.6 Å². The van der Waals surface area contributed by atoms with Crippen LogP contribution in [0.5, 0.6) is 11.5 Å². The van der Waals surface area contributed by atoms with Crippen molar-refractivity contribution in [3.8, 4) is 11.5 Å². The fourth-order valence-electron chi connectivity index (χ4n) is 2.97. The Labute approximate surface area is 199 Å². The lowest BCUT2D eigenvalue weighted by Gasteiger charge is -2.18. The number of carbonyl (C=O) groups excluding carboxylic acids is 1. The third-order valence-electron chi connectivity index (χ3n) is 4.48. The van der Waals surface area contributed by atoms with Crippen molar-refractivity contribution >= 4 is 51.5 Å². The van der Waals surface area contributed by atoms with Gasteiger partial charge in [-0.3, -0.25) is 4.79 Å². The molecule has 4 N–H and O–H groups in total. The molecule has 0 aliphatic carbocycles. The number of allylic oxidation sites excluding steroid dienone is 2. The summed E-state index contributed by atoms with van der Waals surface area (Å²) < 4.78 is 84.0. The maximum Gasteiger partial charge on any atom is 0.573 e. The summed E-state index contributed by atoms with van der Waals surface area (Å²) in [5.74, 6) is -2.34. The monoisotopic (exact) mass is 528 g/mol. The standard InChI is InChI=1S/C21H16Cl2F6N2O3/c1-9-3-11(33-20(24,25)26)5-13(17(9)30)15(7-22)19(32)16(8-23)14-6-12(34-21(27,28)29)4-10(2)18(14)31/h3-8H,30-31H2,1-2H3. The highest BCUT2D eigenvalue weighted by Crippen LogP contribution is 2.38. The number of hydrogen-bond donors (Lipinski definition) is 2. The second kappa shape index (κ2) is 10.1. The summed E-state index contributed by atoms with van der Waals surface area (Å²) in [6, 6.07) is 3.68. The van der Waals surface area contributed by atoms with Gasteiger partial charge < -0.3 is 20.9 Å². The van der Waals surface area contributed by atoms with Crippen LogP contribution in [0.25, 0.3) is 11.1 Å². The van der Waals surface area contributed by atoms with Crippen molar-refractivity contribution in [1.82, 2.24) is 0 Å². The summed E-state index contributed by atoms with van der Waals surface area (Å²) in [4.78, 5) is 13.3. The molecule has 0 aliphatic rings. The van der Waals surface area contributed by atoms with E-state index in [0.29, 0.717) is 0 Å². The number of ether oxygens (including phenoxy) is 2. The maximum absolute atomic E-state index is 13.3. The lowest BCUT2D eigenvalue weighted by molar-refractivity contribution is -0.275. The molecule has 0 radical (unpaired) electrons. The van der Waals surface area contributed by atoms with E-state index in [9.17, 15) is 31.1 Å². The summed E-state index contributed by atoms with van der Waals surface area (Å²) in [6.45, 7) is 2.74. The number of carbonyl (C=O) groups is 1. The van der Waals surface area contributed by atoms with Crippen molar-refractivity contribution in [3.05, 3.63) is 57.6 Å². The van der Waals surface area contributed by atoms with Crippen LogP contribution in [0.4, 0.5) is 37.7 Å². The molecule has 5 nitrogen and oxygen atoms in total. The first-order chi connectivity index (χ1) is 15.6. The van der Waals surface area contributed by atoms with Gasteiger partial charge in [-0.1, -0.05) is 23.2 Å². The second-order valence-electron chi connectivity index (χ2n) is 6.87. The molecule has 0 saturated carbocycles. The molecule has 2 aromatic rings. The molecule has 2 aromatic carbocycles. The predicted molar refractivity (Wildman–Crippen MR) is 117 cm³/mol. The van der Waals surface area contributed by atoms with Gasteiger partial charge in [-0.2, -0.15) is 0 Å². The van der Waals surface area contributed by atoms with E-state index in [0.717, 1.165) is 35.3 Å². The van der Waals surface area contributed by atoms with Gasteiger partial charge >= 0.3 is 12.7 Å². The highest BCUT2D eigenvalue weighted by Gasteiger charge is 2.33. The molecule has 0 heterocycles. The van der Waals surface area contributed by atoms with Gasteiger partial charge in [-0.25, -0.2) is 0 Å². The van der Waals surface area contributed by atoms with E-state index in [2.05, 4.69) is 9.47 Å². The van der Waals surface area contributed by atoms with E-state index in [1.807, 2.05) is 0 Å². The Balaban J connectivity index is 2.62. The van der Waals surface area contributed by atoms with E-state index < -0.39 is 41.2 Å². The molecular formula is C21H16Cl2F6N2O3. The van der Waals surface area contributed by atoms with E-state index in [-0.39, 0.29) is 33.6 Å². The van der Waals surface area contributed by atoms with Crippen LogP contribution in [0.2, 0.25) is 0 Å². The summed E-state index contributed by atoms with van der Waals surface area (Å²) in [5.41, 5.74) is 12.2. The first kappa shape index (κ1) is 27.2. The van der Waals surface area contributed by atoms with Crippen LogP contribution in [0.15, 0.2) is 35.3 Å². The molecule has 2 rings (SSSR count). The van der Waals surface area contributed by atoms with Crippen LogP contribution >= 0.6 is 23.2 Å². The van der Waals surface area contributed by atoms with Gasteiger partial charge in [0.1, 0.15) is 11.5 Å². The van der Waals surface area contributed by atoms with Crippen molar-refractivity contribution in [2.75, 3.05) is 11.5 Å². The van der Waals surface area contributed by atoms with Crippen molar-refractivity contribution in [3.63, 3.8) is 0 Å². The molecule has 0 aromatic heterocycles. The number of anilines is 2. The largest absolute Gasteiger partial charge is 0.573 e. The molecule has 0 amide bonds. The fraction of sp³-hybridized carbons (Fsp3) is 0.190. The number of rotatable bonds is 6. The van der Waals surface area contributed by atoms with E-state index >= 15 is 0 Å². The van der Waals surface area contributed by atoms with Gasteiger partial charge in [0.15, 0.2) is 5.78 Å². The first-order valence-corrected chi connectivity index (χ1v) is 9.93. The minimum atomic E-state index is -5.03. The molecule has 0 aliphatic heterocycles. The van der Waals surface area contributed by atoms with Gasteiger partial charge in [0.25, 0.3) is 0 Å². The molecule has 13 heteroatoms. The fourth-order valence-corrected chi connectivity index (χ4v) is 3.40. The Morgan fingerprint density at radius 2 is 1.09 bits per heavy atom. The third kappa shape index (κ3) is 6.51. The van der Waals surface area contributed by atoms with E-state index in [1.54, 1.807) is 0 Å². The smallest absolute Gasteiger partial charge is 0.406 e. The minimum absolute atomic E-state index is 0.0954. The number of ketones is 1. The van der Waals surface area contributed by atoms with Crippen LogP contribution in [0, 0.1) is 13.8 Å². The van der Waals surface area contributed by atoms with Gasteiger partial charge in [0, 0.05) is 44.7 Å². The predicted octanol–water partition coefficient (Wildman–Crippen LogP) is 6.69. The zero-order valence-corrected chi connectivity index (χ0v) is 18.9. The van der Waals surface area contributed by atoms with E-state index in [1.165, 1.54) is 13.8 Å². The summed E-state index contributed by atoms with van der Waals surface area (Å²) in [7, 11) is 0. The molecule has 0 bridgehead atoms. The number of halogens is 8. The van der Waals surface area contributed by atoms with Gasteiger partial charge in [0.2, 0.25) is 0 Å². The Hall–Kier alpha value is -3.05. The molecule has 0 atom stereocenters. The summed E-state index contributed by atoms with van der Waals surface area (Å²) in [6.07, 6.45) is -10.1. The first-order valence-electron chi connectivity index (χ1n) is 9.06. The second-order valence-corrected chi connectivity index (χ2v) is 7.31. The van der Waals surface area contributed by atoms with Crippen molar-refractivity contribution in [2.45, 2.75) is 26.6 Å². The average molecular weight is 529 g/mol. The Morgan fingerprint density at radius 3 is 1.35 bits per heavy atom. The molecule has 0 saturated heterocycles. The van der Waals surface area contributed by atoms with Gasteiger partial charge in [0.05, 0.1) is 0 Å². The zero-order valence-electron chi connectivity index (χ0n) is 17.4. The lowest BCUT2D eigenvalue weighted by atomic mass is 9.91. The van der Waals surface area contributed by atoms with E-state index in [4.69, 9.17) is 34.7 Å². The number of nitrogens with two attached hydrogens (primary N) is 2. The third-order valence-corrected chi connectivity index (χ3v) is 4.91. The van der Waals surface area contributed by atoms with Crippen LogP contribution in [0.3, 0.4) is 0 Å². The normalized spacial score (nSPS) is 13.1. The minimum Gasteiger partial charge on any atom is -0.406 e. The number of hydrogen-bond acceptors (Lipinski definition) is 5.